The molecule has 2 atom stereocenters. The van der Waals surface area contributed by atoms with E-state index in [4.69, 9.17) is 0 Å². The Bertz CT molecular complexity index is 189. The molecule has 0 saturated heterocycles. The van der Waals surface area contributed by atoms with Crippen molar-refractivity contribution in [2.24, 2.45) is 11.3 Å². The van der Waals surface area contributed by atoms with Crippen molar-refractivity contribution in [1.29, 1.82) is 0 Å². The van der Waals surface area contributed by atoms with Crippen molar-refractivity contribution >= 4 is 0 Å². The van der Waals surface area contributed by atoms with Crippen LogP contribution in [0.25, 0.3) is 0 Å². The van der Waals surface area contributed by atoms with E-state index in [0.717, 1.165) is 31.6 Å². The van der Waals surface area contributed by atoms with Gasteiger partial charge in [-0.15, -0.1) is 0 Å². The monoisotopic (exact) mass is 200 g/mol. The number of aliphatic hydroxyl groups excluding tert-OH is 1. The molecule has 0 aliphatic heterocycles. The molecule has 2 unspecified atom stereocenters. The first-order chi connectivity index (χ1) is 6.41. The molecule has 2 N–H and O–H groups in total. The second kappa shape index (κ2) is 4.19. The molecule has 14 heavy (non-hydrogen) atoms. The maximum atomic E-state index is 10.5. The van der Waals surface area contributed by atoms with Crippen LogP contribution in [0.4, 0.5) is 0 Å². The van der Waals surface area contributed by atoms with Gasteiger partial charge in [-0.25, -0.2) is 0 Å². The van der Waals surface area contributed by atoms with Crippen LogP contribution in [0, 0.1) is 11.3 Å². The first-order valence-electron chi connectivity index (χ1n) is 5.74. The molecule has 1 saturated carbocycles. The summed E-state index contributed by atoms with van der Waals surface area (Å²) in [5.74, 6) is 0.721. The van der Waals surface area contributed by atoms with Crippen molar-refractivity contribution in [2.45, 2.75) is 58.5 Å². The average molecular weight is 200 g/mol. The maximum absolute atomic E-state index is 10.5. The van der Waals surface area contributed by atoms with E-state index in [1.807, 2.05) is 13.8 Å². The standard InChI is InChI=1S/C12H24O2/c1-10-5-4-7-12(14,8-6-10)11(2,3)9-13/h10,13-14H,4-9H2,1-3H3. The lowest BCUT2D eigenvalue weighted by atomic mass is 9.71. The number of hydrogen-bond donors (Lipinski definition) is 2. The summed E-state index contributed by atoms with van der Waals surface area (Å²) < 4.78 is 0. The topological polar surface area (TPSA) is 40.5 Å². The van der Waals surface area contributed by atoms with Crippen LogP contribution in [-0.4, -0.2) is 22.4 Å². The second-order valence-electron chi connectivity index (χ2n) is 5.61. The zero-order chi connectivity index (χ0) is 10.8. The Morgan fingerprint density at radius 2 is 1.93 bits per heavy atom. The van der Waals surface area contributed by atoms with Gasteiger partial charge in [-0.3, -0.25) is 0 Å². The molecule has 1 fully saturated rings. The summed E-state index contributed by atoms with van der Waals surface area (Å²) in [6.45, 7) is 6.24. The van der Waals surface area contributed by atoms with Crippen LogP contribution in [0.2, 0.25) is 0 Å². The normalized spacial score (nSPS) is 35.4. The van der Waals surface area contributed by atoms with Crippen molar-refractivity contribution in [3.05, 3.63) is 0 Å². The van der Waals surface area contributed by atoms with Gasteiger partial charge in [0.05, 0.1) is 12.2 Å². The van der Waals surface area contributed by atoms with Gasteiger partial charge in [0.2, 0.25) is 0 Å². The zero-order valence-electron chi connectivity index (χ0n) is 9.71. The predicted octanol–water partition coefficient (Wildman–Crippen LogP) is 2.34. The summed E-state index contributed by atoms with van der Waals surface area (Å²) in [7, 11) is 0. The lowest BCUT2D eigenvalue weighted by Crippen LogP contribution is -2.46. The Morgan fingerprint density at radius 1 is 1.29 bits per heavy atom. The summed E-state index contributed by atoms with van der Waals surface area (Å²) in [4.78, 5) is 0. The molecular weight excluding hydrogens is 176 g/mol. The van der Waals surface area contributed by atoms with E-state index in [-0.39, 0.29) is 12.0 Å². The quantitative estimate of drug-likeness (QED) is 0.672. The third-order valence-corrected chi connectivity index (χ3v) is 3.99. The highest BCUT2D eigenvalue weighted by Crippen LogP contribution is 2.41. The van der Waals surface area contributed by atoms with Crippen molar-refractivity contribution < 1.29 is 10.2 Å². The van der Waals surface area contributed by atoms with Crippen LogP contribution < -0.4 is 0 Å². The molecule has 2 heteroatoms. The van der Waals surface area contributed by atoms with Crippen molar-refractivity contribution in [2.75, 3.05) is 6.61 Å². The van der Waals surface area contributed by atoms with Gasteiger partial charge in [0.15, 0.2) is 0 Å². The van der Waals surface area contributed by atoms with Gasteiger partial charge < -0.3 is 10.2 Å². The molecule has 0 heterocycles. The highest BCUT2D eigenvalue weighted by Gasteiger charge is 2.43. The van der Waals surface area contributed by atoms with E-state index in [0.29, 0.717) is 0 Å². The van der Waals surface area contributed by atoms with Crippen molar-refractivity contribution in [1.82, 2.24) is 0 Å². The maximum Gasteiger partial charge on any atom is 0.0720 e. The van der Waals surface area contributed by atoms with E-state index in [9.17, 15) is 10.2 Å². The van der Waals surface area contributed by atoms with E-state index in [1.165, 1.54) is 6.42 Å². The van der Waals surface area contributed by atoms with E-state index in [1.54, 1.807) is 0 Å². The molecule has 0 spiro atoms. The summed E-state index contributed by atoms with van der Waals surface area (Å²) in [5.41, 5.74) is -1.02. The number of aliphatic hydroxyl groups is 2. The van der Waals surface area contributed by atoms with Gasteiger partial charge in [0.1, 0.15) is 0 Å². The predicted molar refractivity (Wildman–Crippen MR) is 58.1 cm³/mol. The summed E-state index contributed by atoms with van der Waals surface area (Å²) in [6.07, 6.45) is 5.05. The highest BCUT2D eigenvalue weighted by molar-refractivity contribution is 4.94. The molecule has 1 rings (SSSR count). The summed E-state index contributed by atoms with van der Waals surface area (Å²) >= 11 is 0. The van der Waals surface area contributed by atoms with Crippen LogP contribution in [0.5, 0.6) is 0 Å². The van der Waals surface area contributed by atoms with E-state index >= 15 is 0 Å². The smallest absolute Gasteiger partial charge is 0.0720 e. The Hall–Kier alpha value is -0.0800. The van der Waals surface area contributed by atoms with Gasteiger partial charge in [0.25, 0.3) is 0 Å². The van der Waals surface area contributed by atoms with Crippen LogP contribution in [0.3, 0.4) is 0 Å². The second-order valence-corrected chi connectivity index (χ2v) is 5.61. The molecule has 2 nitrogen and oxygen atoms in total. The number of hydrogen-bond acceptors (Lipinski definition) is 2. The first kappa shape index (κ1) is 12.0. The minimum atomic E-state index is -0.660. The van der Waals surface area contributed by atoms with E-state index in [2.05, 4.69) is 6.92 Å². The SMILES string of the molecule is CC1CCCC(O)(C(C)(C)CO)CC1. The van der Waals surface area contributed by atoms with E-state index < -0.39 is 5.60 Å². The fourth-order valence-electron chi connectivity index (χ4n) is 2.32. The van der Waals surface area contributed by atoms with Crippen molar-refractivity contribution in [3.63, 3.8) is 0 Å². The average Bonchev–Trinajstić information content (AvgIpc) is 2.30. The fourth-order valence-corrected chi connectivity index (χ4v) is 2.32. The molecular formula is C12H24O2. The molecule has 0 aromatic heterocycles. The summed E-state index contributed by atoms with van der Waals surface area (Å²) in [6, 6.07) is 0. The Labute approximate surface area is 87.3 Å². The molecule has 0 aromatic carbocycles. The minimum absolute atomic E-state index is 0.0673. The Kier molecular flexibility index (Phi) is 3.59. The molecule has 0 amide bonds. The lowest BCUT2D eigenvalue weighted by Gasteiger charge is -2.41. The molecule has 1 aliphatic rings. The molecule has 84 valence electrons. The molecule has 0 radical (unpaired) electrons. The number of rotatable bonds is 2. The third-order valence-electron chi connectivity index (χ3n) is 3.99. The molecule has 0 bridgehead atoms. The van der Waals surface area contributed by atoms with Gasteiger partial charge in [-0.2, -0.15) is 0 Å². The summed E-state index contributed by atoms with van der Waals surface area (Å²) in [5, 5.41) is 19.8. The van der Waals surface area contributed by atoms with Crippen molar-refractivity contribution in [3.8, 4) is 0 Å². The van der Waals surface area contributed by atoms with Crippen LogP contribution in [-0.2, 0) is 0 Å². The van der Waals surface area contributed by atoms with Crippen LogP contribution in [0.1, 0.15) is 52.9 Å². The van der Waals surface area contributed by atoms with Gasteiger partial charge in [-0.1, -0.05) is 33.6 Å². The van der Waals surface area contributed by atoms with Gasteiger partial charge >= 0.3 is 0 Å². The minimum Gasteiger partial charge on any atom is -0.396 e. The third kappa shape index (κ3) is 2.29. The van der Waals surface area contributed by atoms with Gasteiger partial charge in [0, 0.05) is 5.41 Å². The fraction of sp³-hybridized carbons (Fsp3) is 1.00. The Morgan fingerprint density at radius 3 is 2.50 bits per heavy atom. The largest absolute Gasteiger partial charge is 0.396 e. The molecule has 0 aromatic rings. The molecule has 1 aliphatic carbocycles. The van der Waals surface area contributed by atoms with Crippen LogP contribution in [0.15, 0.2) is 0 Å². The van der Waals surface area contributed by atoms with Gasteiger partial charge in [-0.05, 0) is 25.2 Å². The zero-order valence-corrected chi connectivity index (χ0v) is 9.71. The van der Waals surface area contributed by atoms with Crippen LogP contribution >= 0.6 is 0 Å². The highest BCUT2D eigenvalue weighted by atomic mass is 16.3. The Balaban J connectivity index is 2.72. The lowest BCUT2D eigenvalue weighted by molar-refractivity contribution is -0.100. The first-order valence-corrected chi connectivity index (χ1v) is 5.74.